The molecule has 2 N–H and O–H groups in total. The summed E-state index contributed by atoms with van der Waals surface area (Å²) < 4.78 is 0. The number of hydrogen-bond donors (Lipinski definition) is 3. The van der Waals surface area contributed by atoms with Gasteiger partial charge in [-0.25, -0.2) is 0 Å². The maximum atomic E-state index is 11.7. The minimum Gasteiger partial charge on any atom is -0.389 e. The molecule has 0 amide bonds. The Morgan fingerprint density at radius 2 is 1.76 bits per heavy atom. The van der Waals surface area contributed by atoms with E-state index in [2.05, 4.69) is 12.6 Å². The Hall–Kier alpha value is -0.840. The fraction of sp³-hybridized carbons (Fsp3) is 0.462. The third-order valence-electron chi connectivity index (χ3n) is 2.61. The summed E-state index contributed by atoms with van der Waals surface area (Å²) in [4.78, 5) is 11.7. The summed E-state index contributed by atoms with van der Waals surface area (Å²) in [7, 11) is 0. The Labute approximate surface area is 107 Å². The summed E-state index contributed by atoms with van der Waals surface area (Å²) in [6, 6.07) is 6.66. The summed E-state index contributed by atoms with van der Waals surface area (Å²) in [6.07, 6.45) is -1.86. The van der Waals surface area contributed by atoms with Crippen molar-refractivity contribution in [1.82, 2.24) is 0 Å². The van der Waals surface area contributed by atoms with E-state index in [1.807, 2.05) is 13.8 Å². The molecule has 94 valence electrons. The van der Waals surface area contributed by atoms with Crippen molar-refractivity contribution in [2.75, 3.05) is 5.75 Å². The fourth-order valence-electron chi connectivity index (χ4n) is 1.50. The zero-order chi connectivity index (χ0) is 13.0. The van der Waals surface area contributed by atoms with Crippen LogP contribution in [0.2, 0.25) is 0 Å². The summed E-state index contributed by atoms with van der Waals surface area (Å²) in [6.45, 7) is 3.69. The average molecular weight is 254 g/mol. The van der Waals surface area contributed by atoms with Crippen LogP contribution in [0.3, 0.4) is 0 Å². The first kappa shape index (κ1) is 14.2. The van der Waals surface area contributed by atoms with Crippen molar-refractivity contribution in [2.45, 2.75) is 26.1 Å². The van der Waals surface area contributed by atoms with Gasteiger partial charge < -0.3 is 10.2 Å². The number of aliphatic hydroxyl groups excluding tert-OH is 2. The van der Waals surface area contributed by atoms with Crippen LogP contribution in [0.5, 0.6) is 0 Å². The second-order valence-electron chi connectivity index (χ2n) is 4.34. The van der Waals surface area contributed by atoms with Crippen molar-refractivity contribution in [3.8, 4) is 0 Å². The van der Waals surface area contributed by atoms with E-state index in [-0.39, 0.29) is 17.5 Å². The van der Waals surface area contributed by atoms with Gasteiger partial charge in [0.25, 0.3) is 0 Å². The molecule has 0 heterocycles. The Morgan fingerprint density at radius 3 is 2.18 bits per heavy atom. The molecule has 2 atom stereocenters. The Balaban J connectivity index is 2.84. The molecule has 0 aromatic heterocycles. The minimum atomic E-state index is -0.962. The van der Waals surface area contributed by atoms with Gasteiger partial charge in [0.1, 0.15) is 6.10 Å². The predicted octanol–water partition coefficient (Wildman–Crippen LogP) is 1.85. The summed E-state index contributed by atoms with van der Waals surface area (Å²) >= 11 is 3.92. The second-order valence-corrected chi connectivity index (χ2v) is 4.70. The maximum Gasteiger partial charge on any atom is 0.165 e. The van der Waals surface area contributed by atoms with Crippen LogP contribution in [0, 0.1) is 5.92 Å². The molecule has 0 saturated heterocycles. The molecule has 1 aromatic rings. The molecule has 0 aliphatic rings. The van der Waals surface area contributed by atoms with E-state index in [1.165, 1.54) is 0 Å². The molecule has 0 radical (unpaired) electrons. The van der Waals surface area contributed by atoms with Crippen LogP contribution in [-0.4, -0.2) is 27.9 Å². The van der Waals surface area contributed by atoms with Crippen molar-refractivity contribution in [2.24, 2.45) is 5.92 Å². The highest BCUT2D eigenvalue weighted by Crippen LogP contribution is 2.19. The van der Waals surface area contributed by atoms with Crippen molar-refractivity contribution < 1.29 is 15.0 Å². The van der Waals surface area contributed by atoms with Crippen LogP contribution in [0.25, 0.3) is 0 Å². The van der Waals surface area contributed by atoms with Gasteiger partial charge in [-0.3, -0.25) is 4.79 Å². The lowest BCUT2D eigenvalue weighted by Crippen LogP contribution is -2.19. The lowest BCUT2D eigenvalue weighted by molar-refractivity contribution is 0.0337. The first-order valence-electron chi connectivity index (χ1n) is 5.58. The predicted molar refractivity (Wildman–Crippen MR) is 70.4 cm³/mol. The van der Waals surface area contributed by atoms with Gasteiger partial charge in [0.05, 0.1) is 6.10 Å². The monoisotopic (exact) mass is 254 g/mol. The Bertz CT molecular complexity index is 373. The molecule has 1 rings (SSSR count). The number of benzene rings is 1. The summed E-state index contributed by atoms with van der Waals surface area (Å²) in [5.74, 6) is 0.211. The van der Waals surface area contributed by atoms with Gasteiger partial charge in [0.2, 0.25) is 0 Å². The number of rotatable bonds is 5. The summed E-state index contributed by atoms with van der Waals surface area (Å²) in [5, 5.41) is 19.2. The number of hydrogen-bond acceptors (Lipinski definition) is 4. The topological polar surface area (TPSA) is 57.5 Å². The van der Waals surface area contributed by atoms with Crippen LogP contribution in [0.15, 0.2) is 24.3 Å². The molecule has 0 aliphatic heterocycles. The van der Waals surface area contributed by atoms with Crippen molar-refractivity contribution in [1.29, 1.82) is 0 Å². The minimum absolute atomic E-state index is 0.0474. The molecule has 0 bridgehead atoms. The molecule has 1 aromatic carbocycles. The third-order valence-corrected chi connectivity index (χ3v) is 2.99. The number of aliphatic hydroxyl groups is 2. The Kier molecular flexibility index (Phi) is 5.18. The molecule has 4 heteroatoms. The number of carbonyl (C=O) groups excluding carboxylic acids is 1. The fourth-order valence-corrected chi connectivity index (χ4v) is 1.70. The normalized spacial score (nSPS) is 14.7. The first-order chi connectivity index (χ1) is 7.97. The van der Waals surface area contributed by atoms with Gasteiger partial charge in [-0.1, -0.05) is 38.1 Å². The second kappa shape index (κ2) is 6.19. The highest BCUT2D eigenvalue weighted by Gasteiger charge is 2.17. The number of thiol groups is 1. The van der Waals surface area contributed by atoms with Crippen molar-refractivity contribution in [3.63, 3.8) is 0 Å². The first-order valence-corrected chi connectivity index (χ1v) is 6.21. The average Bonchev–Trinajstić information content (AvgIpc) is 2.36. The number of Topliss-reactive ketones (excluding diaryl/α,β-unsaturated/α-hetero) is 1. The van der Waals surface area contributed by atoms with Crippen LogP contribution in [0.1, 0.15) is 35.9 Å². The number of carbonyl (C=O) groups is 1. The molecule has 0 spiro atoms. The molecular weight excluding hydrogens is 236 g/mol. The number of ketones is 1. The van der Waals surface area contributed by atoms with Crippen molar-refractivity contribution >= 4 is 18.4 Å². The third kappa shape index (κ3) is 3.56. The highest BCUT2D eigenvalue weighted by molar-refractivity contribution is 7.80. The van der Waals surface area contributed by atoms with E-state index in [4.69, 9.17) is 0 Å². The van der Waals surface area contributed by atoms with E-state index >= 15 is 0 Å². The molecule has 0 saturated carbocycles. The van der Waals surface area contributed by atoms with E-state index in [1.54, 1.807) is 24.3 Å². The molecular formula is C13H18O3S. The molecule has 2 unspecified atom stereocenters. The lowest BCUT2D eigenvalue weighted by Gasteiger charge is -2.16. The zero-order valence-corrected chi connectivity index (χ0v) is 10.9. The van der Waals surface area contributed by atoms with E-state index in [0.717, 1.165) is 0 Å². The largest absolute Gasteiger partial charge is 0.389 e. The van der Waals surface area contributed by atoms with E-state index < -0.39 is 12.2 Å². The lowest BCUT2D eigenvalue weighted by atomic mass is 9.98. The van der Waals surface area contributed by atoms with Gasteiger partial charge in [-0.05, 0) is 5.56 Å². The molecule has 0 fully saturated rings. The van der Waals surface area contributed by atoms with Crippen molar-refractivity contribution in [3.05, 3.63) is 35.4 Å². The van der Waals surface area contributed by atoms with Crippen LogP contribution in [-0.2, 0) is 0 Å². The van der Waals surface area contributed by atoms with Crippen LogP contribution < -0.4 is 0 Å². The molecule has 17 heavy (non-hydrogen) atoms. The molecule has 0 aliphatic carbocycles. The maximum absolute atomic E-state index is 11.7. The SMILES string of the molecule is CC(C)C(=O)c1ccc(C(O)C(O)CS)cc1. The van der Waals surface area contributed by atoms with Gasteiger partial charge in [-0.2, -0.15) is 12.6 Å². The van der Waals surface area contributed by atoms with E-state index in [0.29, 0.717) is 11.1 Å². The standard InChI is InChI=1S/C13H18O3S/c1-8(2)12(15)9-3-5-10(6-4-9)13(16)11(14)7-17/h3-6,8,11,13-14,16-17H,7H2,1-2H3. The highest BCUT2D eigenvalue weighted by atomic mass is 32.1. The smallest absolute Gasteiger partial charge is 0.165 e. The van der Waals surface area contributed by atoms with Gasteiger partial charge >= 0.3 is 0 Å². The Morgan fingerprint density at radius 1 is 1.24 bits per heavy atom. The van der Waals surface area contributed by atoms with Gasteiger partial charge in [0, 0.05) is 17.2 Å². The van der Waals surface area contributed by atoms with Crippen LogP contribution >= 0.6 is 12.6 Å². The van der Waals surface area contributed by atoms with Gasteiger partial charge in [0.15, 0.2) is 5.78 Å². The molecule has 3 nitrogen and oxygen atoms in total. The quantitative estimate of drug-likeness (QED) is 0.555. The summed E-state index contributed by atoms with van der Waals surface area (Å²) in [5.41, 5.74) is 1.21. The van der Waals surface area contributed by atoms with Gasteiger partial charge in [-0.15, -0.1) is 0 Å². The van der Waals surface area contributed by atoms with E-state index in [9.17, 15) is 15.0 Å². The zero-order valence-electron chi connectivity index (χ0n) is 10.00. The van der Waals surface area contributed by atoms with Crippen LogP contribution in [0.4, 0.5) is 0 Å².